The summed E-state index contributed by atoms with van der Waals surface area (Å²) in [5, 5.41) is 0. The van der Waals surface area contributed by atoms with Gasteiger partial charge in [-0.2, -0.15) is 0 Å². The van der Waals surface area contributed by atoms with Crippen LogP contribution >= 0.6 is 0 Å². The smallest absolute Gasteiger partial charge is 0.165 e. The van der Waals surface area contributed by atoms with Crippen LogP contribution in [-0.2, 0) is 0 Å². The molecule has 18 heavy (non-hydrogen) atoms. The number of ether oxygens (including phenoxy) is 2. The third-order valence-corrected chi connectivity index (χ3v) is 2.32. The van der Waals surface area contributed by atoms with Crippen molar-refractivity contribution in [3.63, 3.8) is 0 Å². The molecule has 0 fully saturated rings. The van der Waals surface area contributed by atoms with Gasteiger partial charge in [0, 0.05) is 0 Å². The van der Waals surface area contributed by atoms with Gasteiger partial charge in [-0.1, -0.05) is 12.1 Å². The third-order valence-electron chi connectivity index (χ3n) is 2.32. The first kappa shape index (κ1) is 14.9. The molecule has 0 aliphatic rings. The second-order valence-electron chi connectivity index (χ2n) is 6.79. The molecule has 0 atom stereocenters. The molecule has 0 aliphatic heterocycles. The number of aryl methyl sites for hydroxylation is 2. The summed E-state index contributed by atoms with van der Waals surface area (Å²) >= 11 is 0. The van der Waals surface area contributed by atoms with E-state index in [9.17, 15) is 0 Å². The molecule has 0 saturated carbocycles. The van der Waals surface area contributed by atoms with Crippen LogP contribution in [0.2, 0.25) is 0 Å². The van der Waals surface area contributed by atoms with Gasteiger partial charge in [-0.25, -0.2) is 0 Å². The molecule has 1 rings (SSSR count). The highest BCUT2D eigenvalue weighted by atomic mass is 16.5. The predicted molar refractivity (Wildman–Crippen MR) is 76.7 cm³/mol. The van der Waals surface area contributed by atoms with Gasteiger partial charge in [0.15, 0.2) is 11.5 Å². The average molecular weight is 250 g/mol. The summed E-state index contributed by atoms with van der Waals surface area (Å²) in [5.41, 5.74) is 1.76. The second-order valence-corrected chi connectivity index (χ2v) is 6.79. The maximum atomic E-state index is 6.07. The van der Waals surface area contributed by atoms with Gasteiger partial charge in [-0.3, -0.25) is 0 Å². The van der Waals surface area contributed by atoms with Crippen molar-refractivity contribution in [2.75, 3.05) is 0 Å². The highest BCUT2D eigenvalue weighted by molar-refractivity contribution is 5.51. The first-order valence-corrected chi connectivity index (χ1v) is 6.48. The highest BCUT2D eigenvalue weighted by Gasteiger charge is 2.22. The molecule has 0 spiro atoms. The summed E-state index contributed by atoms with van der Waals surface area (Å²) in [6.07, 6.45) is 0. The van der Waals surface area contributed by atoms with E-state index in [1.165, 1.54) is 0 Å². The molecule has 0 aliphatic carbocycles. The molecule has 102 valence electrons. The van der Waals surface area contributed by atoms with Crippen molar-refractivity contribution in [2.24, 2.45) is 0 Å². The fraction of sp³-hybridized carbons (Fsp3) is 0.625. The van der Waals surface area contributed by atoms with Gasteiger partial charge in [0.05, 0.1) is 0 Å². The van der Waals surface area contributed by atoms with E-state index in [-0.39, 0.29) is 11.2 Å². The molecule has 0 bridgehead atoms. The summed E-state index contributed by atoms with van der Waals surface area (Å²) in [4.78, 5) is 0. The largest absolute Gasteiger partial charge is 0.484 e. The Morgan fingerprint density at radius 3 is 1.17 bits per heavy atom. The molecule has 0 heterocycles. The summed E-state index contributed by atoms with van der Waals surface area (Å²) in [6, 6.07) is 4.15. The zero-order chi connectivity index (χ0) is 14.1. The Morgan fingerprint density at radius 2 is 0.944 bits per heavy atom. The Hall–Kier alpha value is -1.18. The van der Waals surface area contributed by atoms with Gasteiger partial charge in [0.1, 0.15) is 11.2 Å². The first-order chi connectivity index (χ1) is 7.99. The summed E-state index contributed by atoms with van der Waals surface area (Å²) < 4.78 is 12.1. The standard InChI is InChI=1S/C16H26O2/c1-11-9-10-12(2)14(18-16(6,7)8)13(11)17-15(3,4)5/h9-10H,1-8H3. The third kappa shape index (κ3) is 4.25. The van der Waals surface area contributed by atoms with Crippen molar-refractivity contribution in [2.45, 2.75) is 66.6 Å². The van der Waals surface area contributed by atoms with Crippen LogP contribution < -0.4 is 9.47 Å². The molecule has 0 N–H and O–H groups in total. The maximum Gasteiger partial charge on any atom is 0.165 e. The number of rotatable bonds is 2. The first-order valence-electron chi connectivity index (χ1n) is 6.48. The SMILES string of the molecule is Cc1ccc(C)c(OC(C)(C)C)c1OC(C)(C)C. The molecule has 2 nitrogen and oxygen atoms in total. The Kier molecular flexibility index (Phi) is 3.99. The Labute approximate surface area is 111 Å². The summed E-state index contributed by atoms with van der Waals surface area (Å²) in [6.45, 7) is 16.4. The van der Waals surface area contributed by atoms with Crippen LogP contribution in [-0.4, -0.2) is 11.2 Å². The quantitative estimate of drug-likeness (QED) is 0.760. The zero-order valence-electron chi connectivity index (χ0n) is 13.0. The zero-order valence-corrected chi connectivity index (χ0v) is 13.0. The van der Waals surface area contributed by atoms with Gasteiger partial charge in [0.2, 0.25) is 0 Å². The lowest BCUT2D eigenvalue weighted by Crippen LogP contribution is -2.27. The lowest BCUT2D eigenvalue weighted by atomic mass is 10.1. The Bertz CT molecular complexity index is 379. The van der Waals surface area contributed by atoms with E-state index in [4.69, 9.17) is 9.47 Å². The van der Waals surface area contributed by atoms with Crippen LogP contribution in [0.3, 0.4) is 0 Å². The maximum absolute atomic E-state index is 6.07. The van der Waals surface area contributed by atoms with Gasteiger partial charge >= 0.3 is 0 Å². The van der Waals surface area contributed by atoms with E-state index >= 15 is 0 Å². The van der Waals surface area contributed by atoms with Crippen LogP contribution in [0.5, 0.6) is 11.5 Å². The number of benzene rings is 1. The fourth-order valence-corrected chi connectivity index (χ4v) is 1.63. The average Bonchev–Trinajstić information content (AvgIpc) is 2.14. The summed E-state index contributed by atoms with van der Waals surface area (Å²) in [7, 11) is 0. The van der Waals surface area contributed by atoms with E-state index in [2.05, 4.69) is 67.5 Å². The molecule has 2 heteroatoms. The number of hydrogen-bond donors (Lipinski definition) is 0. The Balaban J connectivity index is 3.25. The van der Waals surface area contributed by atoms with Crippen molar-refractivity contribution in [3.8, 4) is 11.5 Å². The van der Waals surface area contributed by atoms with Crippen molar-refractivity contribution in [1.82, 2.24) is 0 Å². The Morgan fingerprint density at radius 1 is 0.667 bits per heavy atom. The molecule has 0 saturated heterocycles. The minimum absolute atomic E-state index is 0.228. The van der Waals surface area contributed by atoms with Crippen LogP contribution in [0.4, 0.5) is 0 Å². The van der Waals surface area contributed by atoms with Crippen LogP contribution in [0.15, 0.2) is 12.1 Å². The molecular formula is C16H26O2. The van der Waals surface area contributed by atoms with Crippen molar-refractivity contribution < 1.29 is 9.47 Å². The van der Waals surface area contributed by atoms with Gasteiger partial charge in [-0.05, 0) is 66.5 Å². The van der Waals surface area contributed by atoms with Crippen molar-refractivity contribution in [1.29, 1.82) is 0 Å². The van der Waals surface area contributed by atoms with Crippen molar-refractivity contribution >= 4 is 0 Å². The number of hydrogen-bond acceptors (Lipinski definition) is 2. The van der Waals surface area contributed by atoms with Crippen LogP contribution in [0.1, 0.15) is 52.7 Å². The molecule has 0 amide bonds. The second kappa shape index (κ2) is 4.83. The molecular weight excluding hydrogens is 224 g/mol. The van der Waals surface area contributed by atoms with E-state index in [0.717, 1.165) is 22.6 Å². The van der Waals surface area contributed by atoms with Crippen LogP contribution in [0.25, 0.3) is 0 Å². The molecule has 0 radical (unpaired) electrons. The van der Waals surface area contributed by atoms with Crippen molar-refractivity contribution in [3.05, 3.63) is 23.3 Å². The van der Waals surface area contributed by atoms with E-state index in [1.807, 2.05) is 0 Å². The van der Waals surface area contributed by atoms with E-state index in [0.29, 0.717) is 0 Å². The lowest BCUT2D eigenvalue weighted by Gasteiger charge is -2.29. The highest BCUT2D eigenvalue weighted by Crippen LogP contribution is 2.38. The summed E-state index contributed by atoms with van der Waals surface area (Å²) in [5.74, 6) is 1.72. The fourth-order valence-electron chi connectivity index (χ4n) is 1.63. The lowest BCUT2D eigenvalue weighted by molar-refractivity contribution is 0.0942. The molecule has 0 unspecified atom stereocenters. The van der Waals surface area contributed by atoms with Gasteiger partial charge < -0.3 is 9.47 Å². The van der Waals surface area contributed by atoms with Gasteiger partial charge in [-0.15, -0.1) is 0 Å². The van der Waals surface area contributed by atoms with Crippen LogP contribution in [0, 0.1) is 13.8 Å². The van der Waals surface area contributed by atoms with E-state index < -0.39 is 0 Å². The minimum atomic E-state index is -0.228. The topological polar surface area (TPSA) is 18.5 Å². The van der Waals surface area contributed by atoms with E-state index in [1.54, 1.807) is 0 Å². The normalized spacial score (nSPS) is 12.4. The molecule has 0 aromatic heterocycles. The predicted octanol–water partition coefficient (Wildman–Crippen LogP) is 4.66. The van der Waals surface area contributed by atoms with Gasteiger partial charge in [0.25, 0.3) is 0 Å². The monoisotopic (exact) mass is 250 g/mol. The molecule has 1 aromatic rings. The molecule has 1 aromatic carbocycles. The minimum Gasteiger partial charge on any atom is -0.484 e.